The number of amides is 1. The third kappa shape index (κ3) is 3.08. The second-order valence-electron chi connectivity index (χ2n) is 6.27. The van der Waals surface area contributed by atoms with Crippen molar-refractivity contribution in [2.75, 3.05) is 7.05 Å². The summed E-state index contributed by atoms with van der Waals surface area (Å²) in [6, 6.07) is 10.4. The van der Waals surface area contributed by atoms with Crippen molar-refractivity contribution in [3.05, 3.63) is 35.9 Å². The van der Waals surface area contributed by atoms with Crippen molar-refractivity contribution in [2.24, 2.45) is 0 Å². The van der Waals surface area contributed by atoms with E-state index < -0.39 is 5.41 Å². The Morgan fingerprint density at radius 1 is 1.20 bits per heavy atom. The van der Waals surface area contributed by atoms with E-state index in [2.05, 4.69) is 15.9 Å². The molecule has 1 aromatic rings. The summed E-state index contributed by atoms with van der Waals surface area (Å²) in [4.78, 5) is 15.3. The molecule has 1 fully saturated rings. The Morgan fingerprint density at radius 2 is 1.80 bits per heavy atom. The molecule has 2 atom stereocenters. The van der Waals surface area contributed by atoms with Gasteiger partial charge in [0.05, 0.1) is 5.41 Å². The summed E-state index contributed by atoms with van der Waals surface area (Å²) in [5.41, 5.74) is 0.610. The van der Waals surface area contributed by atoms with Gasteiger partial charge in [-0.25, -0.2) is 0 Å². The summed E-state index contributed by atoms with van der Waals surface area (Å²) < 4.78 is 0. The number of rotatable bonds is 3. The zero-order chi connectivity index (χ0) is 14.8. The van der Waals surface area contributed by atoms with Gasteiger partial charge in [0.25, 0.3) is 0 Å². The Labute approximate surface area is 130 Å². The molecule has 0 N–H and O–H groups in total. The standard InChI is InChI=1S/C17H24BrNO/c1-17(2,13-9-5-4-6-10-13)16(20)19(3)15-12-8-7-11-14(15)18/h4-6,9-10,14-15H,7-8,11-12H2,1-3H3. The minimum absolute atomic E-state index is 0.208. The molecule has 1 aromatic carbocycles. The van der Waals surface area contributed by atoms with Crippen LogP contribution in [0.15, 0.2) is 30.3 Å². The molecular formula is C17H24BrNO. The van der Waals surface area contributed by atoms with Gasteiger partial charge < -0.3 is 4.90 Å². The average molecular weight is 338 g/mol. The summed E-state index contributed by atoms with van der Waals surface area (Å²) in [7, 11) is 1.96. The van der Waals surface area contributed by atoms with E-state index in [9.17, 15) is 4.79 Å². The van der Waals surface area contributed by atoms with Crippen molar-refractivity contribution >= 4 is 21.8 Å². The molecule has 1 saturated carbocycles. The number of benzene rings is 1. The second-order valence-corrected chi connectivity index (χ2v) is 7.45. The molecule has 1 aliphatic rings. The number of carbonyl (C=O) groups excluding carboxylic acids is 1. The van der Waals surface area contributed by atoms with Crippen molar-refractivity contribution in [1.82, 2.24) is 4.90 Å². The number of likely N-dealkylation sites (N-methyl/N-ethyl adjacent to an activating group) is 1. The Balaban J connectivity index is 2.17. The van der Waals surface area contributed by atoms with Gasteiger partial charge in [0.15, 0.2) is 0 Å². The van der Waals surface area contributed by atoms with Crippen molar-refractivity contribution in [2.45, 2.75) is 55.8 Å². The number of alkyl halides is 1. The molecule has 110 valence electrons. The fourth-order valence-corrected chi connectivity index (χ4v) is 4.01. The van der Waals surface area contributed by atoms with Crippen molar-refractivity contribution in [1.29, 1.82) is 0 Å². The maximum atomic E-state index is 12.9. The number of carbonyl (C=O) groups is 1. The van der Waals surface area contributed by atoms with E-state index in [1.165, 1.54) is 12.8 Å². The van der Waals surface area contributed by atoms with E-state index in [-0.39, 0.29) is 5.91 Å². The molecule has 20 heavy (non-hydrogen) atoms. The lowest BCUT2D eigenvalue weighted by molar-refractivity contribution is -0.137. The molecule has 3 heteroatoms. The molecule has 0 aliphatic heterocycles. The first-order valence-electron chi connectivity index (χ1n) is 7.41. The summed E-state index contributed by atoms with van der Waals surface area (Å²) in [6.45, 7) is 4.04. The third-order valence-corrected chi connectivity index (χ3v) is 5.56. The van der Waals surface area contributed by atoms with Crippen LogP contribution in [-0.2, 0) is 10.2 Å². The minimum Gasteiger partial charge on any atom is -0.341 e. The Morgan fingerprint density at radius 3 is 2.40 bits per heavy atom. The molecule has 0 aromatic heterocycles. The van der Waals surface area contributed by atoms with E-state index >= 15 is 0 Å². The molecule has 0 radical (unpaired) electrons. The summed E-state index contributed by atoms with van der Waals surface area (Å²) >= 11 is 3.75. The van der Waals surface area contributed by atoms with E-state index in [1.54, 1.807) is 0 Å². The van der Waals surface area contributed by atoms with Gasteiger partial charge in [0.2, 0.25) is 5.91 Å². The summed E-state index contributed by atoms with van der Waals surface area (Å²) in [5, 5.41) is 0. The van der Waals surface area contributed by atoms with Gasteiger partial charge in [-0.3, -0.25) is 4.79 Å². The molecule has 0 heterocycles. The Bertz CT molecular complexity index is 457. The van der Waals surface area contributed by atoms with Crippen LogP contribution in [0.5, 0.6) is 0 Å². The lowest BCUT2D eigenvalue weighted by atomic mass is 9.82. The largest absolute Gasteiger partial charge is 0.341 e. The predicted molar refractivity (Wildman–Crippen MR) is 87.2 cm³/mol. The van der Waals surface area contributed by atoms with Gasteiger partial charge in [-0.05, 0) is 32.3 Å². The van der Waals surface area contributed by atoms with Gasteiger partial charge in [0.1, 0.15) is 0 Å². The fourth-order valence-electron chi connectivity index (χ4n) is 3.07. The van der Waals surface area contributed by atoms with E-state index in [1.807, 2.05) is 56.1 Å². The molecule has 1 amide bonds. The number of hydrogen-bond donors (Lipinski definition) is 0. The van der Waals surface area contributed by atoms with Gasteiger partial charge in [-0.2, -0.15) is 0 Å². The Kier molecular flexibility index (Phi) is 4.90. The third-order valence-electron chi connectivity index (χ3n) is 4.50. The highest BCUT2D eigenvalue weighted by Crippen LogP contribution is 2.32. The number of hydrogen-bond acceptors (Lipinski definition) is 1. The average Bonchev–Trinajstić information content (AvgIpc) is 2.47. The molecule has 0 saturated heterocycles. The van der Waals surface area contributed by atoms with Crippen molar-refractivity contribution < 1.29 is 4.79 Å². The lowest BCUT2D eigenvalue weighted by Crippen LogP contribution is -2.50. The Hall–Kier alpha value is -0.830. The molecule has 2 rings (SSSR count). The van der Waals surface area contributed by atoms with Crippen LogP contribution in [-0.4, -0.2) is 28.7 Å². The molecule has 0 bridgehead atoms. The van der Waals surface area contributed by atoms with Crippen molar-refractivity contribution in [3.63, 3.8) is 0 Å². The number of halogens is 1. The van der Waals surface area contributed by atoms with E-state index in [0.29, 0.717) is 10.9 Å². The van der Waals surface area contributed by atoms with Gasteiger partial charge >= 0.3 is 0 Å². The van der Waals surface area contributed by atoms with Gasteiger partial charge in [0, 0.05) is 17.9 Å². The van der Waals surface area contributed by atoms with Crippen LogP contribution in [0.1, 0.15) is 45.1 Å². The zero-order valence-corrected chi connectivity index (χ0v) is 14.2. The molecule has 2 nitrogen and oxygen atoms in total. The topological polar surface area (TPSA) is 20.3 Å². The van der Waals surface area contributed by atoms with Crippen LogP contribution in [0.4, 0.5) is 0 Å². The first-order chi connectivity index (χ1) is 9.44. The first kappa shape index (κ1) is 15.6. The fraction of sp³-hybridized carbons (Fsp3) is 0.588. The second kappa shape index (κ2) is 6.30. The molecule has 0 spiro atoms. The quantitative estimate of drug-likeness (QED) is 0.759. The van der Waals surface area contributed by atoms with Gasteiger partial charge in [-0.1, -0.05) is 59.1 Å². The first-order valence-corrected chi connectivity index (χ1v) is 8.33. The predicted octanol–water partition coefficient (Wildman–Crippen LogP) is 4.13. The smallest absolute Gasteiger partial charge is 0.232 e. The van der Waals surface area contributed by atoms with Crippen molar-refractivity contribution in [3.8, 4) is 0 Å². The SMILES string of the molecule is CN(C(=O)C(C)(C)c1ccccc1)C1CCCCC1Br. The van der Waals surface area contributed by atoms with Crippen LogP contribution in [0.25, 0.3) is 0 Å². The zero-order valence-electron chi connectivity index (χ0n) is 12.6. The van der Waals surface area contributed by atoms with E-state index in [0.717, 1.165) is 18.4 Å². The normalized spacial score (nSPS) is 23.4. The molecule has 1 aliphatic carbocycles. The highest BCUT2D eigenvalue weighted by molar-refractivity contribution is 9.09. The van der Waals surface area contributed by atoms with Crippen LogP contribution in [0.3, 0.4) is 0 Å². The van der Waals surface area contributed by atoms with Crippen LogP contribution >= 0.6 is 15.9 Å². The summed E-state index contributed by atoms with van der Waals surface area (Å²) in [6.07, 6.45) is 4.74. The van der Waals surface area contributed by atoms with Crippen LogP contribution < -0.4 is 0 Å². The van der Waals surface area contributed by atoms with Gasteiger partial charge in [-0.15, -0.1) is 0 Å². The van der Waals surface area contributed by atoms with E-state index in [4.69, 9.17) is 0 Å². The number of nitrogens with zero attached hydrogens (tertiary/aromatic N) is 1. The monoisotopic (exact) mass is 337 g/mol. The maximum Gasteiger partial charge on any atom is 0.232 e. The minimum atomic E-state index is -0.472. The van der Waals surface area contributed by atoms with Crippen LogP contribution in [0.2, 0.25) is 0 Å². The lowest BCUT2D eigenvalue weighted by Gasteiger charge is -2.39. The maximum absolute atomic E-state index is 12.9. The highest BCUT2D eigenvalue weighted by atomic mass is 79.9. The molecule has 2 unspecified atom stereocenters. The molecular weight excluding hydrogens is 314 g/mol. The highest BCUT2D eigenvalue weighted by Gasteiger charge is 2.37. The van der Waals surface area contributed by atoms with Crippen LogP contribution in [0, 0.1) is 0 Å². The summed E-state index contributed by atoms with van der Waals surface area (Å²) in [5.74, 6) is 0.208.